The number of rotatable bonds is 3. The predicted octanol–water partition coefficient (Wildman–Crippen LogP) is 2.10. The fraction of sp³-hybridized carbons (Fsp3) is 0.455. The summed E-state index contributed by atoms with van der Waals surface area (Å²) in [7, 11) is 0. The molecule has 4 nitrogen and oxygen atoms in total. The minimum Gasteiger partial charge on any atom is -0.392 e. The van der Waals surface area contributed by atoms with E-state index in [0.29, 0.717) is 38.9 Å². The second kappa shape index (κ2) is 6.37. The zero-order valence-electron chi connectivity index (χ0n) is 10.1. The van der Waals surface area contributed by atoms with Gasteiger partial charge in [-0.15, -0.1) is 11.3 Å². The molecule has 104 valence electrons. The molecule has 1 aliphatic heterocycles. The van der Waals surface area contributed by atoms with E-state index in [1.54, 1.807) is 11.0 Å². The minimum atomic E-state index is -0.0666. The molecule has 0 saturated carbocycles. The molecule has 1 aromatic heterocycles. The van der Waals surface area contributed by atoms with Gasteiger partial charge in [0.25, 0.3) is 5.91 Å². The lowest BCUT2D eigenvalue weighted by molar-refractivity contribution is 0.0655. The van der Waals surface area contributed by atoms with E-state index in [4.69, 9.17) is 41.2 Å². The van der Waals surface area contributed by atoms with Gasteiger partial charge in [-0.05, 0) is 6.07 Å². The van der Waals surface area contributed by atoms with Gasteiger partial charge in [0.2, 0.25) is 0 Å². The average Bonchev–Trinajstić information content (AvgIpc) is 2.68. The fourth-order valence-electron chi connectivity index (χ4n) is 1.99. The van der Waals surface area contributed by atoms with Gasteiger partial charge in [0.05, 0.1) is 14.9 Å². The molecule has 2 N–H and O–H groups in total. The van der Waals surface area contributed by atoms with Crippen molar-refractivity contribution in [3.63, 3.8) is 0 Å². The number of amides is 1. The summed E-state index contributed by atoms with van der Waals surface area (Å²) >= 11 is 17.9. The summed E-state index contributed by atoms with van der Waals surface area (Å²) in [5.41, 5.74) is 6.00. The maximum absolute atomic E-state index is 12.3. The number of piperazine rings is 1. The molecule has 8 heteroatoms. The zero-order chi connectivity index (χ0) is 14.0. The number of nitrogens with two attached hydrogens (primary N) is 1. The van der Waals surface area contributed by atoms with Crippen molar-refractivity contribution in [3.05, 3.63) is 20.3 Å². The molecule has 0 unspecified atom stereocenters. The van der Waals surface area contributed by atoms with Crippen LogP contribution < -0.4 is 5.73 Å². The van der Waals surface area contributed by atoms with Gasteiger partial charge in [-0.1, -0.05) is 35.4 Å². The molecule has 1 amide bonds. The largest absolute Gasteiger partial charge is 0.392 e. The van der Waals surface area contributed by atoms with E-state index in [0.717, 1.165) is 13.1 Å². The monoisotopic (exact) mass is 337 g/mol. The lowest BCUT2D eigenvalue weighted by Crippen LogP contribution is -2.50. The van der Waals surface area contributed by atoms with Gasteiger partial charge in [0.15, 0.2) is 0 Å². The zero-order valence-corrected chi connectivity index (χ0v) is 13.2. The first kappa shape index (κ1) is 15.0. The molecule has 1 fully saturated rings. The standard InChI is InChI=1S/C11H13Cl2N3OS2/c12-8-5-7(10(13)19-8)11(17)16-3-1-15(2-4-16)6-9(14)18/h5H,1-4,6H2,(H2,14,18). The predicted molar refractivity (Wildman–Crippen MR) is 83.5 cm³/mol. The highest BCUT2D eigenvalue weighted by Gasteiger charge is 2.24. The maximum Gasteiger partial charge on any atom is 0.256 e. The number of halogens is 2. The Hall–Kier alpha value is -0.400. The van der Waals surface area contributed by atoms with Crippen molar-refractivity contribution in [1.82, 2.24) is 9.80 Å². The molecule has 0 aromatic carbocycles. The van der Waals surface area contributed by atoms with Crippen molar-refractivity contribution in [2.45, 2.75) is 0 Å². The van der Waals surface area contributed by atoms with Crippen molar-refractivity contribution in [2.24, 2.45) is 5.73 Å². The number of nitrogens with zero attached hydrogens (tertiary/aromatic N) is 2. The summed E-state index contributed by atoms with van der Waals surface area (Å²) in [6.07, 6.45) is 0. The normalized spacial score (nSPS) is 16.6. The Morgan fingerprint density at radius 2 is 2.00 bits per heavy atom. The summed E-state index contributed by atoms with van der Waals surface area (Å²) in [6.45, 7) is 3.41. The number of hydrogen-bond donors (Lipinski definition) is 1. The van der Waals surface area contributed by atoms with E-state index in [1.165, 1.54) is 11.3 Å². The van der Waals surface area contributed by atoms with Crippen LogP contribution in [0.1, 0.15) is 10.4 Å². The van der Waals surface area contributed by atoms with Crippen LogP contribution in [0.15, 0.2) is 6.07 Å². The number of thiophene rings is 1. The van der Waals surface area contributed by atoms with Gasteiger partial charge in [-0.3, -0.25) is 9.69 Å². The van der Waals surface area contributed by atoms with E-state index in [-0.39, 0.29) is 5.91 Å². The van der Waals surface area contributed by atoms with Crippen LogP contribution in [0, 0.1) is 0 Å². The molecule has 19 heavy (non-hydrogen) atoms. The minimum absolute atomic E-state index is 0.0666. The van der Waals surface area contributed by atoms with Gasteiger partial charge >= 0.3 is 0 Å². The molecular formula is C11H13Cl2N3OS2. The smallest absolute Gasteiger partial charge is 0.256 e. The van der Waals surface area contributed by atoms with Crippen LogP contribution in [0.5, 0.6) is 0 Å². The Morgan fingerprint density at radius 3 is 2.47 bits per heavy atom. The van der Waals surface area contributed by atoms with Crippen molar-refractivity contribution in [2.75, 3.05) is 32.7 Å². The second-order valence-corrected chi connectivity index (χ2v) is 7.08. The number of carbonyl (C=O) groups excluding carboxylic acids is 1. The molecule has 0 atom stereocenters. The summed E-state index contributed by atoms with van der Waals surface area (Å²) in [4.78, 5) is 16.7. The Labute approximate surface area is 131 Å². The first-order valence-corrected chi connectivity index (χ1v) is 7.70. The first-order chi connectivity index (χ1) is 8.97. The second-order valence-electron chi connectivity index (χ2n) is 4.27. The highest BCUT2D eigenvalue weighted by Crippen LogP contribution is 2.32. The Balaban J connectivity index is 1.96. The number of thiocarbonyl (C=S) groups is 1. The van der Waals surface area contributed by atoms with Crippen LogP contribution in [-0.4, -0.2) is 53.4 Å². The van der Waals surface area contributed by atoms with Gasteiger partial charge in [-0.25, -0.2) is 0 Å². The van der Waals surface area contributed by atoms with Gasteiger partial charge in [0.1, 0.15) is 4.34 Å². The number of hydrogen-bond acceptors (Lipinski definition) is 4. The van der Waals surface area contributed by atoms with Crippen LogP contribution in [0.4, 0.5) is 0 Å². The lowest BCUT2D eigenvalue weighted by atomic mass is 10.2. The first-order valence-electron chi connectivity index (χ1n) is 5.72. The van der Waals surface area contributed by atoms with Gasteiger partial charge < -0.3 is 10.6 Å². The van der Waals surface area contributed by atoms with Crippen LogP contribution in [0.25, 0.3) is 0 Å². The topological polar surface area (TPSA) is 49.6 Å². The molecule has 0 spiro atoms. The summed E-state index contributed by atoms with van der Waals surface area (Å²) in [6, 6.07) is 1.62. The van der Waals surface area contributed by atoms with Crippen LogP contribution in [0.2, 0.25) is 8.67 Å². The molecule has 2 heterocycles. The van der Waals surface area contributed by atoms with Crippen molar-refractivity contribution in [1.29, 1.82) is 0 Å². The Bertz CT molecular complexity index is 498. The Morgan fingerprint density at radius 1 is 1.37 bits per heavy atom. The molecular weight excluding hydrogens is 325 g/mol. The van der Waals surface area contributed by atoms with Gasteiger partial charge in [0, 0.05) is 32.7 Å². The third-order valence-corrected chi connectivity index (χ3v) is 4.54. The molecule has 0 bridgehead atoms. The van der Waals surface area contributed by atoms with E-state index in [1.807, 2.05) is 0 Å². The molecule has 0 aliphatic carbocycles. The number of carbonyl (C=O) groups is 1. The molecule has 0 radical (unpaired) electrons. The third kappa shape index (κ3) is 3.79. The van der Waals surface area contributed by atoms with Gasteiger partial charge in [-0.2, -0.15) is 0 Å². The molecule has 1 aliphatic rings. The van der Waals surface area contributed by atoms with Crippen molar-refractivity contribution in [3.8, 4) is 0 Å². The van der Waals surface area contributed by atoms with Crippen LogP contribution in [0.3, 0.4) is 0 Å². The van der Waals surface area contributed by atoms with Crippen molar-refractivity contribution < 1.29 is 4.79 Å². The molecule has 2 rings (SSSR count). The molecule has 1 aromatic rings. The highest BCUT2D eigenvalue weighted by molar-refractivity contribution is 7.80. The Kier molecular flexibility index (Phi) is 5.03. The average molecular weight is 338 g/mol. The van der Waals surface area contributed by atoms with E-state index >= 15 is 0 Å². The van der Waals surface area contributed by atoms with E-state index in [9.17, 15) is 4.79 Å². The highest BCUT2D eigenvalue weighted by atomic mass is 35.5. The van der Waals surface area contributed by atoms with Crippen LogP contribution in [-0.2, 0) is 0 Å². The van der Waals surface area contributed by atoms with Crippen LogP contribution >= 0.6 is 46.8 Å². The summed E-state index contributed by atoms with van der Waals surface area (Å²) in [5.74, 6) is -0.0666. The summed E-state index contributed by atoms with van der Waals surface area (Å²) in [5, 5.41) is 0. The van der Waals surface area contributed by atoms with E-state index in [2.05, 4.69) is 4.90 Å². The lowest BCUT2D eigenvalue weighted by Gasteiger charge is -2.34. The van der Waals surface area contributed by atoms with Crippen molar-refractivity contribution >= 4 is 57.7 Å². The SMILES string of the molecule is NC(=S)CN1CCN(C(=O)c2cc(Cl)sc2Cl)CC1. The molecule has 1 saturated heterocycles. The summed E-state index contributed by atoms with van der Waals surface area (Å²) < 4.78 is 0.973. The van der Waals surface area contributed by atoms with E-state index < -0.39 is 0 Å². The maximum atomic E-state index is 12.3. The third-order valence-electron chi connectivity index (χ3n) is 2.93. The fourth-order valence-corrected chi connectivity index (χ4v) is 3.62. The quantitative estimate of drug-likeness (QED) is 0.858.